The van der Waals surface area contributed by atoms with Crippen molar-refractivity contribution < 1.29 is 145 Å². The molecule has 670 valence electrons. The summed E-state index contributed by atoms with van der Waals surface area (Å²) in [7, 11) is -24.2. The number of nitrogens with one attached hydrogen (secondary N) is 3. The van der Waals surface area contributed by atoms with Crippen molar-refractivity contribution in [3.8, 4) is 28.7 Å². The predicted molar refractivity (Wildman–Crippen MR) is 450 cm³/mol. The Morgan fingerprint density at radius 1 is 0.355 bits per heavy atom. The van der Waals surface area contributed by atoms with Crippen molar-refractivity contribution in [1.82, 2.24) is 16.0 Å². The normalized spacial score (nSPS) is 16.3. The Morgan fingerprint density at radius 3 is 1.12 bits per heavy atom. The third-order valence-electron chi connectivity index (χ3n) is 17.7. The first kappa shape index (κ1) is 104. The van der Waals surface area contributed by atoms with Gasteiger partial charge in [0.15, 0.2) is 10.1 Å². The standard InChI is InChI=1S/C17H19NO6S.C16H14F2O6S.C16H17NO6S.C16H16O6S.C14H19NO6S.5CH3/c19-17(11-25(20,21)22)18-6-1-7-23-15-5-4-12-8-14(16-10-24-16)3-2-13(12)9-15;17-16(18,25(20,21)22)15(19)5-6-23-13-4-3-10-7-12(14-9-24-14)2-1-11(10)8-13;18-16(10-24(19,20)21)17-5-6-22-14-4-3-11-7-13(15-9-23-15)2-1-12(11)8-14;17-11(10-23(18,19)20)7-8-21-15-6-2-3-12-13(15)4-1-5-14(12)16-9-22-16;16-14(10-22(17,18)19)15-7-1-2-8-20-12-5-3-11(4-6-12)13-9-21-13;;;;;/h2-5,8-9,16H,1,6-7,10-11H2,(H,18,19)(H,20,21,22);1-4,7-8,14H,5-6,9H2,(H,20,21,22);1-4,7-8,15H,5-6,9-10H2,(H,17,18)(H,19,20,21);1-6,16H,7-10H2,(H,18,19,20);3-6,13H,1-2,7-10H2,(H,15,16)(H,17,18,19);5*1H3/q;;;;;5*+1/p-5. The van der Waals surface area contributed by atoms with Gasteiger partial charge in [0.25, 0.3) is 0 Å². The Kier molecular flexibility index (Phi) is 39.3. The average molecular weight is 1830 g/mol. The van der Waals surface area contributed by atoms with Crippen LogP contribution in [0, 0.1) is 37.1 Å². The van der Waals surface area contributed by atoms with Crippen LogP contribution in [-0.2, 0) is 98.2 Å². The first-order chi connectivity index (χ1) is 56.4. The number of epoxide rings is 5. The molecule has 9 aromatic carbocycles. The summed E-state index contributed by atoms with van der Waals surface area (Å²) in [6.45, 7) is 5.00. The lowest BCUT2D eigenvalue weighted by atomic mass is 10.0. The first-order valence-electron chi connectivity index (χ1n) is 36.7. The molecule has 0 bridgehead atoms. The molecule has 9 aromatic rings. The van der Waals surface area contributed by atoms with Gasteiger partial charge in [-0.25, -0.2) is 42.1 Å². The van der Waals surface area contributed by atoms with Gasteiger partial charge in [0, 0.05) is 68.5 Å². The van der Waals surface area contributed by atoms with E-state index < -0.39 is 121 Å². The zero-order chi connectivity index (χ0) is 85.7. The lowest BCUT2D eigenvalue weighted by Crippen LogP contribution is -2.38. The quantitative estimate of drug-likeness (QED) is 0.0140. The van der Waals surface area contributed by atoms with Gasteiger partial charge in [-0.05, 0) is 158 Å². The SMILES string of the molecule is O=C(CCOc1ccc2cc(C3CO3)ccc2c1)C(F)(F)S(=O)(=O)[O-].O=C(CCOc1cccc2c(C3CO3)cccc12)CS(=O)(=O)[O-].O=C(CS(=O)(=O)[O-])NCCCCOc1ccc(C2CO2)cc1.O=C(CS(=O)(=O)[O-])NCCCOc1ccc2cc(C3CO3)ccc2c1.O=C(CS(=O)(=O)[O-])NCCOc1ccc2cc(C3CO3)ccc2c1.[CH3+].[CH3+].[CH3+].[CH3+].[CH3+]. The summed E-state index contributed by atoms with van der Waals surface area (Å²) in [5, 5.41) is 10.1. The van der Waals surface area contributed by atoms with E-state index in [-0.39, 0.29) is 100 Å². The number of Topliss-reactive ketones (excluding diaryl/α,β-unsaturated/α-hetero) is 2. The number of rotatable bonds is 38. The Balaban J connectivity index is 0.000000273. The van der Waals surface area contributed by atoms with Crippen molar-refractivity contribution in [2.24, 2.45) is 0 Å². The lowest BCUT2D eigenvalue weighted by molar-refractivity contribution is -0.134. The molecule has 5 atom stereocenters. The van der Waals surface area contributed by atoms with Crippen molar-refractivity contribution in [1.29, 1.82) is 0 Å². The van der Waals surface area contributed by atoms with E-state index in [1.54, 1.807) is 24.3 Å². The fourth-order valence-corrected chi connectivity index (χ4v) is 13.7. The van der Waals surface area contributed by atoms with Gasteiger partial charge in [-0.1, -0.05) is 97.1 Å². The van der Waals surface area contributed by atoms with E-state index in [2.05, 4.69) is 28.1 Å². The van der Waals surface area contributed by atoms with Crippen LogP contribution in [0.25, 0.3) is 43.1 Å². The van der Waals surface area contributed by atoms with E-state index in [1.165, 1.54) is 5.56 Å². The molecule has 14 rings (SSSR count). The van der Waals surface area contributed by atoms with Crippen LogP contribution in [0.3, 0.4) is 0 Å². The molecule has 5 saturated heterocycles. The van der Waals surface area contributed by atoms with Crippen molar-refractivity contribution in [3.05, 3.63) is 235 Å². The number of carbonyl (C=O) groups is 5. The Hall–Kier alpha value is -10.7. The summed E-state index contributed by atoms with van der Waals surface area (Å²) >= 11 is 0. The van der Waals surface area contributed by atoms with E-state index in [9.17, 15) is 97.6 Å². The second kappa shape index (κ2) is 46.9. The number of alkyl halides is 2. The molecule has 5 heterocycles. The second-order valence-electron chi connectivity index (χ2n) is 27.3. The smallest absolute Gasteiger partial charge is 0.391 e. The fourth-order valence-electron chi connectivity index (χ4n) is 11.5. The van der Waals surface area contributed by atoms with Crippen molar-refractivity contribution in [2.45, 2.75) is 67.9 Å². The number of unbranched alkanes of at least 4 members (excludes halogenated alkanes) is 1. The number of ether oxygens (including phenoxy) is 10. The number of halogens is 2. The van der Waals surface area contributed by atoms with Crippen LogP contribution in [0.1, 0.15) is 90.4 Å². The fraction of sp³-hybridized carbons (Fsp3) is 0.333. The van der Waals surface area contributed by atoms with Gasteiger partial charge in [0.05, 0.1) is 71.8 Å². The summed E-state index contributed by atoms with van der Waals surface area (Å²) < 4.78 is 236. The molecule has 0 spiro atoms. The van der Waals surface area contributed by atoms with E-state index in [0.29, 0.717) is 69.5 Å². The number of fused-ring (bicyclic) bond motifs is 4. The van der Waals surface area contributed by atoms with Crippen LogP contribution in [0.4, 0.5) is 8.78 Å². The third-order valence-corrected chi connectivity index (χ3v) is 21.1. The highest BCUT2D eigenvalue weighted by Gasteiger charge is 2.45. The van der Waals surface area contributed by atoms with Crippen LogP contribution in [0.5, 0.6) is 28.7 Å². The molecule has 5 aliphatic rings. The Morgan fingerprint density at radius 2 is 0.694 bits per heavy atom. The van der Waals surface area contributed by atoms with Crippen LogP contribution in [-0.4, -0.2) is 208 Å². The molecular weight excluding hydrogens is 1730 g/mol. The van der Waals surface area contributed by atoms with Crippen molar-refractivity contribution in [2.75, 3.05) is 109 Å². The number of hydrogen-bond donors (Lipinski definition) is 3. The third kappa shape index (κ3) is 35.5. The number of ketones is 2. The molecule has 40 heteroatoms. The molecule has 0 aromatic heterocycles. The molecule has 0 saturated carbocycles. The number of hydrogen-bond acceptors (Lipinski definition) is 30. The molecular formula is C84H95F2N3O30S5. The number of carbonyl (C=O) groups excluding carboxylic acids is 5. The highest BCUT2D eigenvalue weighted by Crippen LogP contribution is 2.39. The van der Waals surface area contributed by atoms with Gasteiger partial charge in [0.2, 0.25) is 23.5 Å². The van der Waals surface area contributed by atoms with Gasteiger partial charge in [-0.2, -0.15) is 8.78 Å². The Labute approximate surface area is 719 Å². The molecule has 5 aliphatic heterocycles. The van der Waals surface area contributed by atoms with E-state index in [4.69, 9.17) is 47.4 Å². The highest BCUT2D eigenvalue weighted by molar-refractivity contribution is 7.88. The maximum Gasteiger partial charge on any atom is 0.391 e. The molecule has 0 aliphatic carbocycles. The molecule has 5 fully saturated rings. The molecule has 3 amide bonds. The molecule has 5 unspecified atom stereocenters. The monoisotopic (exact) mass is 1820 g/mol. The Bertz CT molecular complexity index is 5720. The maximum absolute atomic E-state index is 13.1. The predicted octanol–water partition coefficient (Wildman–Crippen LogP) is 9.30. The van der Waals surface area contributed by atoms with Gasteiger partial charge in [-0.3, -0.25) is 24.0 Å². The minimum absolute atomic E-state index is 0. The van der Waals surface area contributed by atoms with E-state index in [0.717, 1.165) is 96.7 Å². The minimum atomic E-state index is -6.03. The van der Waals surface area contributed by atoms with Gasteiger partial charge in [0.1, 0.15) is 129 Å². The summed E-state index contributed by atoms with van der Waals surface area (Å²) in [5.41, 5.74) is 5.64. The largest absolute Gasteiger partial charge is 0.748 e. The summed E-state index contributed by atoms with van der Waals surface area (Å²) in [6.07, 6.45) is 1.75. The second-order valence-corrected chi connectivity index (χ2v) is 34.3. The average Bonchev–Trinajstić information content (AvgIpc) is 1.65. The summed E-state index contributed by atoms with van der Waals surface area (Å²) in [5.74, 6) is -6.05. The topological polar surface area (TPSA) is 516 Å². The van der Waals surface area contributed by atoms with Gasteiger partial charge >= 0.3 is 5.25 Å². The zero-order valence-electron chi connectivity index (χ0n) is 68.2. The van der Waals surface area contributed by atoms with Gasteiger partial charge in [-0.15, -0.1) is 0 Å². The lowest BCUT2D eigenvalue weighted by Gasteiger charge is -2.18. The highest BCUT2D eigenvalue weighted by atomic mass is 32.2. The van der Waals surface area contributed by atoms with Crippen LogP contribution < -0.4 is 39.6 Å². The number of amides is 3. The van der Waals surface area contributed by atoms with Crippen LogP contribution in [0.2, 0.25) is 0 Å². The van der Waals surface area contributed by atoms with Crippen molar-refractivity contribution >= 4 is 123 Å². The molecule has 124 heavy (non-hydrogen) atoms. The first-order valence-corrected chi connectivity index (χ1v) is 44.5. The van der Waals surface area contributed by atoms with E-state index in [1.807, 2.05) is 133 Å². The summed E-state index contributed by atoms with van der Waals surface area (Å²) in [4.78, 5) is 56.0. The van der Waals surface area contributed by atoms with E-state index >= 15 is 0 Å². The van der Waals surface area contributed by atoms with Crippen molar-refractivity contribution in [3.63, 3.8) is 0 Å². The zero-order valence-corrected chi connectivity index (χ0v) is 72.2. The minimum Gasteiger partial charge on any atom is -0.748 e. The van der Waals surface area contributed by atoms with Crippen LogP contribution in [0.15, 0.2) is 170 Å². The van der Waals surface area contributed by atoms with Crippen LogP contribution >= 0.6 is 0 Å². The number of benzene rings is 9. The maximum atomic E-state index is 13.1. The molecule has 0 radical (unpaired) electrons. The molecule has 33 nitrogen and oxygen atoms in total. The molecule has 3 N–H and O–H groups in total. The van der Waals surface area contributed by atoms with Gasteiger partial charge < -0.3 is 86.1 Å². The summed E-state index contributed by atoms with van der Waals surface area (Å²) in [6, 6.07) is 53.7.